The molecule has 1 aliphatic heterocycles. The van der Waals surface area contributed by atoms with E-state index in [1.165, 1.54) is 12.1 Å². The van der Waals surface area contributed by atoms with Crippen LogP contribution in [0.4, 0.5) is 17.1 Å². The van der Waals surface area contributed by atoms with Crippen LogP contribution in [0, 0.1) is 10.1 Å². The van der Waals surface area contributed by atoms with Crippen LogP contribution in [-0.4, -0.2) is 53.1 Å². The molecule has 1 heterocycles. The van der Waals surface area contributed by atoms with E-state index in [1.54, 1.807) is 31.2 Å². The highest BCUT2D eigenvalue weighted by Gasteiger charge is 2.27. The number of carbonyl (C=O) groups excluding carboxylic acids is 1. The molecule has 0 aromatic heterocycles. The third-order valence-corrected chi connectivity index (χ3v) is 4.82. The van der Waals surface area contributed by atoms with E-state index in [-0.39, 0.29) is 23.0 Å². The van der Waals surface area contributed by atoms with Crippen molar-refractivity contribution in [3.05, 3.63) is 58.6 Å². The number of aromatic hydroxyl groups is 1. The van der Waals surface area contributed by atoms with Crippen LogP contribution < -0.4 is 10.2 Å². The number of nitrogens with zero attached hydrogens (tertiary/aromatic N) is 3. The summed E-state index contributed by atoms with van der Waals surface area (Å²) in [7, 11) is 0. The first-order valence-electron chi connectivity index (χ1n) is 8.78. The number of phenolic OH excluding ortho intramolecular Hbond substituents is 1. The van der Waals surface area contributed by atoms with E-state index in [2.05, 4.69) is 10.2 Å². The Kier molecular flexibility index (Phi) is 5.56. The lowest BCUT2D eigenvalue weighted by molar-refractivity contribution is -0.383. The smallest absolute Gasteiger partial charge is 0.292 e. The predicted molar refractivity (Wildman–Crippen MR) is 103 cm³/mol. The number of anilines is 2. The number of nitro groups is 1. The normalized spacial score (nSPS) is 16.0. The number of carbonyl (C=O) groups is 1. The fraction of sp³-hybridized carbons (Fsp3) is 0.316. The molecule has 0 bridgehead atoms. The van der Waals surface area contributed by atoms with E-state index in [1.807, 2.05) is 17.0 Å². The second-order valence-electron chi connectivity index (χ2n) is 6.45. The summed E-state index contributed by atoms with van der Waals surface area (Å²) in [6.07, 6.45) is 0. The van der Waals surface area contributed by atoms with Gasteiger partial charge in [-0.3, -0.25) is 19.8 Å². The highest BCUT2D eigenvalue weighted by Crippen LogP contribution is 2.28. The van der Waals surface area contributed by atoms with Crippen molar-refractivity contribution in [2.24, 2.45) is 0 Å². The molecule has 2 N–H and O–H groups in total. The average Bonchev–Trinajstić information content (AvgIpc) is 2.68. The van der Waals surface area contributed by atoms with Gasteiger partial charge in [0.15, 0.2) is 0 Å². The van der Waals surface area contributed by atoms with Gasteiger partial charge in [-0.15, -0.1) is 0 Å². The molecule has 1 amide bonds. The quantitative estimate of drug-likeness (QED) is 0.620. The minimum absolute atomic E-state index is 0.123. The molecule has 1 saturated heterocycles. The molecule has 0 unspecified atom stereocenters. The van der Waals surface area contributed by atoms with Crippen LogP contribution in [0.3, 0.4) is 0 Å². The van der Waals surface area contributed by atoms with Gasteiger partial charge in [0.05, 0.1) is 16.7 Å². The van der Waals surface area contributed by atoms with Crippen molar-refractivity contribution in [2.75, 3.05) is 36.4 Å². The van der Waals surface area contributed by atoms with Gasteiger partial charge >= 0.3 is 0 Å². The van der Waals surface area contributed by atoms with Crippen molar-refractivity contribution in [1.82, 2.24) is 4.90 Å². The zero-order valence-corrected chi connectivity index (χ0v) is 15.0. The summed E-state index contributed by atoms with van der Waals surface area (Å²) in [5, 5.41) is 23.7. The van der Waals surface area contributed by atoms with Crippen molar-refractivity contribution >= 4 is 23.0 Å². The molecule has 0 spiro atoms. The highest BCUT2D eigenvalue weighted by atomic mass is 16.6. The van der Waals surface area contributed by atoms with Crippen LogP contribution in [0.2, 0.25) is 0 Å². The predicted octanol–water partition coefficient (Wildman–Crippen LogP) is 2.45. The Hall–Kier alpha value is -3.13. The number of benzene rings is 2. The van der Waals surface area contributed by atoms with Gasteiger partial charge in [0.1, 0.15) is 11.4 Å². The molecule has 8 nitrogen and oxygen atoms in total. The molecule has 2 aromatic carbocycles. The summed E-state index contributed by atoms with van der Waals surface area (Å²) >= 11 is 0. The summed E-state index contributed by atoms with van der Waals surface area (Å²) < 4.78 is 0. The third-order valence-electron chi connectivity index (χ3n) is 4.82. The number of nitro benzene ring substituents is 1. The molecule has 3 rings (SSSR count). The second kappa shape index (κ2) is 8.05. The summed E-state index contributed by atoms with van der Waals surface area (Å²) in [5.41, 5.74) is 0.865. The van der Waals surface area contributed by atoms with Crippen molar-refractivity contribution in [2.45, 2.75) is 13.0 Å². The Morgan fingerprint density at radius 2 is 1.74 bits per heavy atom. The monoisotopic (exact) mass is 370 g/mol. The van der Waals surface area contributed by atoms with E-state index in [0.717, 1.165) is 5.69 Å². The average molecular weight is 370 g/mol. The van der Waals surface area contributed by atoms with Gasteiger partial charge in [0, 0.05) is 32.2 Å². The summed E-state index contributed by atoms with van der Waals surface area (Å²) in [5.74, 6) is -0.0339. The summed E-state index contributed by atoms with van der Waals surface area (Å²) in [4.78, 5) is 27.3. The molecule has 0 saturated carbocycles. The minimum atomic E-state index is -0.509. The third kappa shape index (κ3) is 4.17. The molecule has 0 radical (unpaired) electrons. The number of hydrogen-bond acceptors (Lipinski definition) is 6. The van der Waals surface area contributed by atoms with Gasteiger partial charge in [0.25, 0.3) is 5.69 Å². The number of amides is 1. The van der Waals surface area contributed by atoms with Crippen molar-refractivity contribution in [3.8, 4) is 5.75 Å². The molecule has 1 aliphatic rings. The number of phenols is 1. The van der Waals surface area contributed by atoms with Crippen LogP contribution in [-0.2, 0) is 4.79 Å². The Balaban J connectivity index is 1.61. The summed E-state index contributed by atoms with van der Waals surface area (Å²) in [6.45, 7) is 4.46. The van der Waals surface area contributed by atoms with Crippen molar-refractivity contribution in [3.63, 3.8) is 0 Å². The number of para-hydroxylation sites is 4. The molecule has 142 valence electrons. The number of hydrogen-bond donors (Lipinski definition) is 2. The van der Waals surface area contributed by atoms with E-state index >= 15 is 0 Å². The van der Waals surface area contributed by atoms with Crippen molar-refractivity contribution < 1.29 is 14.8 Å². The maximum atomic E-state index is 12.6. The molecular formula is C19H22N4O4. The maximum Gasteiger partial charge on any atom is 0.292 e. The largest absolute Gasteiger partial charge is 0.506 e. The fourth-order valence-corrected chi connectivity index (χ4v) is 3.22. The van der Waals surface area contributed by atoms with Gasteiger partial charge in [-0.05, 0) is 25.1 Å². The first kappa shape index (κ1) is 18.7. The van der Waals surface area contributed by atoms with Gasteiger partial charge < -0.3 is 15.3 Å². The minimum Gasteiger partial charge on any atom is -0.506 e. The maximum absolute atomic E-state index is 12.6. The number of nitrogens with one attached hydrogen (secondary N) is 1. The lowest BCUT2D eigenvalue weighted by Crippen LogP contribution is -2.52. The standard InChI is InChI=1S/C19H22N4O4/c1-14(19(25)20-15-6-2-3-7-16(15)23(26)27)21-10-12-22(13-11-21)17-8-4-5-9-18(17)24/h2-9,14,24H,10-13H2,1H3,(H,20,25)/t14-/m0/s1. The molecule has 1 atom stereocenters. The fourth-order valence-electron chi connectivity index (χ4n) is 3.22. The SMILES string of the molecule is C[C@@H](C(=O)Nc1ccccc1[N+](=O)[O-])N1CCN(c2ccccc2O)CC1. The first-order valence-corrected chi connectivity index (χ1v) is 8.78. The molecule has 0 aliphatic carbocycles. The van der Waals surface area contributed by atoms with E-state index < -0.39 is 11.0 Å². The first-order chi connectivity index (χ1) is 13.0. The molecule has 27 heavy (non-hydrogen) atoms. The second-order valence-corrected chi connectivity index (χ2v) is 6.45. The van der Waals surface area contributed by atoms with E-state index in [9.17, 15) is 20.0 Å². The molecule has 1 fully saturated rings. The Bertz CT molecular complexity index is 834. The van der Waals surface area contributed by atoms with Crippen molar-refractivity contribution in [1.29, 1.82) is 0 Å². The molecule has 2 aromatic rings. The zero-order chi connectivity index (χ0) is 19.4. The Morgan fingerprint density at radius 3 is 2.41 bits per heavy atom. The topological polar surface area (TPSA) is 98.9 Å². The molecular weight excluding hydrogens is 348 g/mol. The van der Waals surface area contributed by atoms with Gasteiger partial charge in [-0.1, -0.05) is 24.3 Å². The van der Waals surface area contributed by atoms with Gasteiger partial charge in [0.2, 0.25) is 5.91 Å². The van der Waals surface area contributed by atoms with Crippen LogP contribution in [0.25, 0.3) is 0 Å². The lowest BCUT2D eigenvalue weighted by Gasteiger charge is -2.38. The van der Waals surface area contributed by atoms with E-state index in [4.69, 9.17) is 0 Å². The van der Waals surface area contributed by atoms with Gasteiger partial charge in [-0.25, -0.2) is 0 Å². The van der Waals surface area contributed by atoms with Crippen LogP contribution in [0.1, 0.15) is 6.92 Å². The molecule has 8 heteroatoms. The zero-order valence-electron chi connectivity index (χ0n) is 15.0. The summed E-state index contributed by atoms with van der Waals surface area (Å²) in [6, 6.07) is 12.9. The number of piperazine rings is 1. The van der Waals surface area contributed by atoms with Crippen LogP contribution in [0.5, 0.6) is 5.75 Å². The van der Waals surface area contributed by atoms with Crippen LogP contribution >= 0.6 is 0 Å². The Morgan fingerprint density at radius 1 is 1.11 bits per heavy atom. The highest BCUT2D eigenvalue weighted by molar-refractivity contribution is 5.96. The Labute approximate surface area is 157 Å². The van der Waals surface area contributed by atoms with Gasteiger partial charge in [-0.2, -0.15) is 0 Å². The number of rotatable bonds is 5. The lowest BCUT2D eigenvalue weighted by atomic mass is 10.1. The van der Waals surface area contributed by atoms with Crippen LogP contribution in [0.15, 0.2) is 48.5 Å². The van der Waals surface area contributed by atoms with E-state index in [0.29, 0.717) is 26.2 Å².